The van der Waals surface area contributed by atoms with Gasteiger partial charge in [0.2, 0.25) is 5.91 Å². The number of rotatable bonds is 9. The second-order valence-electron chi connectivity index (χ2n) is 9.68. The SMILES string of the molecule is CCN1CCN(C(=O)N[C@@H](C(=O)N[C@]2(OC)C(=O)N3C(C(=O)[O-])=C(COC(C)=O)CS[C@H]32)c2ccc(N)cc2)C(=O)C1=O.[Na+]. The molecule has 0 radical (unpaired) electrons. The molecule has 3 aliphatic rings. The zero-order valence-corrected chi connectivity index (χ0v) is 27.2. The summed E-state index contributed by atoms with van der Waals surface area (Å²) in [7, 11) is 1.14. The molecule has 3 heterocycles. The number of nitrogens with zero attached hydrogens (tertiary/aromatic N) is 3. The Hall–Kier alpha value is -3.64. The summed E-state index contributed by atoms with van der Waals surface area (Å²) in [6.07, 6.45) is 0. The van der Waals surface area contributed by atoms with E-state index in [1.807, 2.05) is 0 Å². The zero-order valence-electron chi connectivity index (χ0n) is 24.4. The first-order valence-electron chi connectivity index (χ1n) is 13.0. The maximum Gasteiger partial charge on any atom is 1.00 e. The average molecular weight is 641 g/mol. The maximum absolute atomic E-state index is 13.7. The number of thioether (sulfide) groups is 1. The molecule has 0 bridgehead atoms. The Balaban J connectivity index is 0.00000529. The van der Waals surface area contributed by atoms with Gasteiger partial charge in [-0.25, -0.2) is 4.79 Å². The van der Waals surface area contributed by atoms with E-state index in [9.17, 15) is 38.7 Å². The van der Waals surface area contributed by atoms with Crippen molar-refractivity contribution < 1.29 is 77.7 Å². The third kappa shape index (κ3) is 6.41. The number of benzene rings is 1. The van der Waals surface area contributed by atoms with E-state index in [2.05, 4.69) is 10.6 Å². The van der Waals surface area contributed by atoms with Crippen molar-refractivity contribution in [2.24, 2.45) is 0 Å². The molecule has 1 aromatic rings. The van der Waals surface area contributed by atoms with E-state index in [4.69, 9.17) is 15.2 Å². The number of imide groups is 1. The fourth-order valence-corrected chi connectivity index (χ4v) is 6.27. The molecule has 0 aliphatic carbocycles. The van der Waals surface area contributed by atoms with Crippen LogP contribution in [0, 0.1) is 0 Å². The number of methoxy groups -OCH3 is 1. The van der Waals surface area contributed by atoms with Gasteiger partial charge in [-0.2, -0.15) is 0 Å². The smallest absolute Gasteiger partial charge is 0.543 e. The van der Waals surface area contributed by atoms with E-state index >= 15 is 0 Å². The molecule has 44 heavy (non-hydrogen) atoms. The standard InChI is InChI=1S/C26H30N6O10S.Na/c1-4-30-9-10-31(21(36)20(30)35)25(40)28-17(14-5-7-16(27)8-6-14)19(34)29-26(41-3)23(39)32-18(22(37)38)15(11-42-13(2)33)12-43-24(26)32;/h5-8,17,24H,4,9-12,27H2,1-3H3,(H,28,40)(H,29,34)(H,37,38);/q;+1/p-1/t17-,24+,26+;/m1./s1. The summed E-state index contributed by atoms with van der Waals surface area (Å²) in [6, 6.07) is 3.31. The van der Waals surface area contributed by atoms with Crippen LogP contribution >= 0.6 is 11.8 Å². The van der Waals surface area contributed by atoms with Gasteiger partial charge in [-0.3, -0.25) is 33.8 Å². The van der Waals surface area contributed by atoms with Gasteiger partial charge in [-0.05, 0) is 24.6 Å². The third-order valence-electron chi connectivity index (χ3n) is 7.12. The number of urea groups is 1. The minimum Gasteiger partial charge on any atom is -0.543 e. The summed E-state index contributed by atoms with van der Waals surface area (Å²) in [5.41, 5.74) is 3.91. The molecule has 230 valence electrons. The number of carbonyl (C=O) groups is 7. The van der Waals surface area contributed by atoms with Crippen molar-refractivity contribution in [3.63, 3.8) is 0 Å². The average Bonchev–Trinajstić information content (AvgIpc) is 2.98. The van der Waals surface area contributed by atoms with Gasteiger partial charge in [-0.15, -0.1) is 11.8 Å². The molecule has 0 spiro atoms. The van der Waals surface area contributed by atoms with E-state index in [0.29, 0.717) is 10.6 Å². The molecule has 4 N–H and O–H groups in total. The number of carboxylic acid groups (broad SMARTS) is 1. The van der Waals surface area contributed by atoms with Gasteiger partial charge in [-0.1, -0.05) is 12.1 Å². The van der Waals surface area contributed by atoms with Crippen LogP contribution in [0.15, 0.2) is 35.5 Å². The van der Waals surface area contributed by atoms with Gasteiger partial charge in [0, 0.05) is 50.7 Å². The Bertz CT molecular complexity index is 1420. The number of carbonyl (C=O) groups excluding carboxylic acids is 7. The molecule has 6 amide bonds. The monoisotopic (exact) mass is 640 g/mol. The number of hydrogen-bond donors (Lipinski definition) is 3. The van der Waals surface area contributed by atoms with Crippen molar-refractivity contribution in [2.45, 2.75) is 31.0 Å². The number of fused-ring (bicyclic) bond motifs is 1. The van der Waals surface area contributed by atoms with E-state index in [-0.39, 0.29) is 72.7 Å². The van der Waals surface area contributed by atoms with Crippen molar-refractivity contribution in [1.29, 1.82) is 0 Å². The molecule has 4 rings (SSSR count). The van der Waals surface area contributed by atoms with Crippen LogP contribution in [0.5, 0.6) is 0 Å². The van der Waals surface area contributed by atoms with Crippen LogP contribution in [0.25, 0.3) is 0 Å². The van der Waals surface area contributed by atoms with Crippen molar-refractivity contribution in [1.82, 2.24) is 25.3 Å². The second-order valence-corrected chi connectivity index (χ2v) is 10.7. The fourth-order valence-electron chi connectivity index (χ4n) is 4.85. The maximum atomic E-state index is 13.7. The Kier molecular flexibility index (Phi) is 11.1. The van der Waals surface area contributed by atoms with Gasteiger partial charge in [0.25, 0.3) is 11.6 Å². The van der Waals surface area contributed by atoms with Crippen molar-refractivity contribution in [2.75, 3.05) is 44.8 Å². The molecule has 18 heteroatoms. The van der Waals surface area contributed by atoms with E-state index in [1.54, 1.807) is 6.92 Å². The zero-order chi connectivity index (χ0) is 31.6. The Morgan fingerprint density at radius 1 is 1.14 bits per heavy atom. The largest absolute Gasteiger partial charge is 1.00 e. The van der Waals surface area contributed by atoms with Gasteiger partial charge in [0.05, 0.1) is 11.7 Å². The summed E-state index contributed by atoms with van der Waals surface area (Å²) < 4.78 is 10.4. The van der Waals surface area contributed by atoms with Crippen LogP contribution in [0.3, 0.4) is 0 Å². The van der Waals surface area contributed by atoms with Crippen molar-refractivity contribution in [3.05, 3.63) is 41.1 Å². The minimum atomic E-state index is -2.05. The molecule has 16 nitrogen and oxygen atoms in total. The number of β-lactam (4-membered cyclic amide) rings is 1. The topological polar surface area (TPSA) is 221 Å². The molecular formula is C26H29N6NaO10S. The number of carboxylic acids is 1. The first-order valence-corrected chi connectivity index (χ1v) is 14.1. The molecule has 1 aromatic carbocycles. The first-order chi connectivity index (χ1) is 20.4. The number of nitrogens with two attached hydrogens (primary N) is 1. The number of amides is 6. The number of anilines is 1. The number of ether oxygens (including phenoxy) is 2. The van der Waals surface area contributed by atoms with Crippen LogP contribution in [0.4, 0.5) is 10.5 Å². The molecule has 2 fully saturated rings. The van der Waals surface area contributed by atoms with E-state index in [1.165, 1.54) is 29.2 Å². The Morgan fingerprint density at radius 3 is 2.36 bits per heavy atom. The molecule has 2 saturated heterocycles. The molecule has 0 aromatic heterocycles. The summed E-state index contributed by atoms with van der Waals surface area (Å²) in [5.74, 6) is -6.15. The normalized spacial score (nSPS) is 21.9. The first kappa shape index (κ1) is 34.8. The minimum absolute atomic E-state index is 0. The summed E-state index contributed by atoms with van der Waals surface area (Å²) in [4.78, 5) is 91.4. The molecule has 0 saturated carbocycles. The quantitative estimate of drug-likeness (QED) is 0.0575. The summed E-state index contributed by atoms with van der Waals surface area (Å²) >= 11 is 1.05. The van der Waals surface area contributed by atoms with Crippen LogP contribution in [0.1, 0.15) is 25.5 Å². The number of aliphatic carboxylic acids is 1. The third-order valence-corrected chi connectivity index (χ3v) is 8.49. The number of nitrogen functional groups attached to an aromatic ring is 1. The Morgan fingerprint density at radius 2 is 1.80 bits per heavy atom. The van der Waals surface area contributed by atoms with Crippen LogP contribution in [-0.2, 0) is 38.2 Å². The van der Waals surface area contributed by atoms with Crippen molar-refractivity contribution in [3.8, 4) is 0 Å². The number of hydrogen-bond acceptors (Lipinski definition) is 12. The van der Waals surface area contributed by atoms with E-state index in [0.717, 1.165) is 30.7 Å². The number of likely N-dealkylation sites (N-methyl/N-ethyl adjacent to an activating group) is 1. The van der Waals surface area contributed by atoms with Gasteiger partial charge in [0.1, 0.15) is 18.0 Å². The summed E-state index contributed by atoms with van der Waals surface area (Å²) in [5, 5.41) is 15.9. The van der Waals surface area contributed by atoms with Gasteiger partial charge in [0.15, 0.2) is 0 Å². The predicted octanol–water partition coefficient (Wildman–Crippen LogP) is -5.34. The van der Waals surface area contributed by atoms with Crippen LogP contribution in [0.2, 0.25) is 0 Å². The van der Waals surface area contributed by atoms with Crippen molar-refractivity contribution >= 4 is 59.0 Å². The van der Waals surface area contributed by atoms with Crippen LogP contribution in [-0.4, -0.2) is 107 Å². The van der Waals surface area contributed by atoms with Gasteiger partial charge < -0.3 is 40.6 Å². The summed E-state index contributed by atoms with van der Waals surface area (Å²) in [6.45, 7) is 2.73. The molecule has 3 aliphatic heterocycles. The number of nitrogens with one attached hydrogen (secondary N) is 2. The Labute approximate surface area is 277 Å². The molecule has 0 unspecified atom stereocenters. The fraction of sp³-hybridized carbons (Fsp3) is 0.423. The van der Waals surface area contributed by atoms with Gasteiger partial charge >= 0.3 is 53.4 Å². The second kappa shape index (κ2) is 14.0. The number of esters is 1. The predicted molar refractivity (Wildman–Crippen MR) is 146 cm³/mol. The van der Waals surface area contributed by atoms with Crippen LogP contribution < -0.4 is 51.0 Å². The molecular weight excluding hydrogens is 611 g/mol. The molecule has 3 atom stereocenters. The van der Waals surface area contributed by atoms with E-state index < -0.39 is 64.4 Å². The number of piperazine rings is 1.